The molecule has 2 aromatic carbocycles. The number of nitrogens with one attached hydrogen (secondary N) is 1. The molecular weight excluding hydrogens is 466 g/mol. The number of carbonyl (C=O) groups excluding carboxylic acids is 2. The molecule has 37 heavy (non-hydrogen) atoms. The van der Waals surface area contributed by atoms with Crippen LogP contribution in [0.2, 0.25) is 0 Å². The van der Waals surface area contributed by atoms with Crippen LogP contribution in [0.25, 0.3) is 0 Å². The minimum Gasteiger partial charge on any atom is -0.457 e. The van der Waals surface area contributed by atoms with Gasteiger partial charge >= 0.3 is 0 Å². The molecular formula is C30H39N3O4. The predicted octanol–water partition coefficient (Wildman–Crippen LogP) is 4.10. The molecule has 2 heterocycles. The van der Waals surface area contributed by atoms with E-state index >= 15 is 0 Å². The second kappa shape index (κ2) is 11.2. The number of likely N-dealkylation sites (tertiary alicyclic amines) is 1. The van der Waals surface area contributed by atoms with Crippen molar-refractivity contribution in [2.45, 2.75) is 76.1 Å². The highest BCUT2D eigenvalue weighted by Gasteiger charge is 2.54. The normalized spacial score (nSPS) is 23.6. The number of ether oxygens (including phenoxy) is 1. The number of carbonyl (C=O) groups is 2. The summed E-state index contributed by atoms with van der Waals surface area (Å²) in [6.07, 6.45) is 5.57. The fourth-order valence-corrected chi connectivity index (χ4v) is 6.40. The molecule has 7 nitrogen and oxygen atoms in total. The number of benzene rings is 2. The molecule has 0 bridgehead atoms. The molecule has 2 aliphatic heterocycles. The van der Waals surface area contributed by atoms with Gasteiger partial charge in [-0.2, -0.15) is 0 Å². The smallest absolute Gasteiger partial charge is 0.248 e. The van der Waals surface area contributed by atoms with Crippen LogP contribution in [-0.2, 0) is 16.1 Å². The molecule has 198 valence electrons. The highest BCUT2D eigenvalue weighted by molar-refractivity contribution is 6.00. The highest BCUT2D eigenvalue weighted by atomic mass is 16.5. The lowest BCUT2D eigenvalue weighted by atomic mass is 9.78. The van der Waals surface area contributed by atoms with Crippen LogP contribution in [0.4, 0.5) is 0 Å². The third-order valence-corrected chi connectivity index (χ3v) is 8.54. The number of piperazine rings is 1. The summed E-state index contributed by atoms with van der Waals surface area (Å²) in [4.78, 5) is 31.1. The van der Waals surface area contributed by atoms with E-state index in [-0.39, 0.29) is 17.7 Å². The number of amides is 2. The van der Waals surface area contributed by atoms with E-state index in [0.717, 1.165) is 56.8 Å². The molecule has 7 heteroatoms. The maximum Gasteiger partial charge on any atom is 0.248 e. The Kier molecular flexibility index (Phi) is 7.81. The Morgan fingerprint density at radius 3 is 2.27 bits per heavy atom. The van der Waals surface area contributed by atoms with Gasteiger partial charge in [0.15, 0.2) is 0 Å². The van der Waals surface area contributed by atoms with E-state index in [1.807, 2.05) is 49.4 Å². The molecule has 2 saturated heterocycles. The topological polar surface area (TPSA) is 82.1 Å². The van der Waals surface area contributed by atoms with Gasteiger partial charge in [-0.15, -0.1) is 0 Å². The fraction of sp³-hybridized carbons (Fsp3) is 0.533. The van der Waals surface area contributed by atoms with Gasteiger partial charge in [-0.05, 0) is 68.4 Å². The molecule has 3 aliphatic rings. The van der Waals surface area contributed by atoms with E-state index in [2.05, 4.69) is 22.3 Å². The van der Waals surface area contributed by atoms with E-state index in [9.17, 15) is 14.7 Å². The van der Waals surface area contributed by atoms with Gasteiger partial charge in [0.25, 0.3) is 0 Å². The highest BCUT2D eigenvalue weighted by Crippen LogP contribution is 2.36. The molecule has 1 saturated carbocycles. The van der Waals surface area contributed by atoms with Crippen molar-refractivity contribution < 1.29 is 19.4 Å². The van der Waals surface area contributed by atoms with Crippen molar-refractivity contribution >= 4 is 11.8 Å². The first-order valence-corrected chi connectivity index (χ1v) is 13.8. The maximum absolute atomic E-state index is 13.5. The van der Waals surface area contributed by atoms with Gasteiger partial charge in [0.1, 0.15) is 23.1 Å². The Balaban J connectivity index is 1.19. The monoisotopic (exact) mass is 505 g/mol. The van der Waals surface area contributed by atoms with Crippen LogP contribution >= 0.6 is 0 Å². The molecule has 2 atom stereocenters. The van der Waals surface area contributed by atoms with Crippen LogP contribution in [0, 0.1) is 5.92 Å². The van der Waals surface area contributed by atoms with E-state index in [1.54, 1.807) is 4.90 Å². The van der Waals surface area contributed by atoms with E-state index in [4.69, 9.17) is 4.74 Å². The molecule has 2 amide bonds. The van der Waals surface area contributed by atoms with Gasteiger partial charge in [0.05, 0.1) is 6.10 Å². The quantitative estimate of drug-likeness (QED) is 0.592. The second-order valence-electron chi connectivity index (χ2n) is 10.8. The summed E-state index contributed by atoms with van der Waals surface area (Å²) in [6.45, 7) is 4.66. The summed E-state index contributed by atoms with van der Waals surface area (Å²) in [5.74, 6) is 1.47. The van der Waals surface area contributed by atoms with Crippen LogP contribution in [-0.4, -0.2) is 64.0 Å². The number of aliphatic hydroxyl groups excluding tert-OH is 1. The number of hydrogen-bond donors (Lipinski definition) is 2. The molecule has 0 unspecified atom stereocenters. The zero-order valence-electron chi connectivity index (χ0n) is 21.8. The van der Waals surface area contributed by atoms with Crippen molar-refractivity contribution in [2.24, 2.45) is 5.92 Å². The summed E-state index contributed by atoms with van der Waals surface area (Å²) in [5, 5.41) is 14.0. The average molecular weight is 506 g/mol. The number of aliphatic hydroxyl groups is 1. The van der Waals surface area contributed by atoms with Gasteiger partial charge in [-0.3, -0.25) is 14.5 Å². The van der Waals surface area contributed by atoms with Crippen molar-refractivity contribution in [1.29, 1.82) is 0 Å². The summed E-state index contributed by atoms with van der Waals surface area (Å²) in [7, 11) is 0. The summed E-state index contributed by atoms with van der Waals surface area (Å²) >= 11 is 0. The Morgan fingerprint density at radius 1 is 0.973 bits per heavy atom. The number of hydrogen-bond acceptors (Lipinski definition) is 5. The van der Waals surface area contributed by atoms with Crippen LogP contribution in [0.5, 0.6) is 11.5 Å². The van der Waals surface area contributed by atoms with Crippen molar-refractivity contribution in [3.63, 3.8) is 0 Å². The lowest BCUT2D eigenvalue weighted by molar-refractivity contribution is -0.165. The molecule has 0 radical (unpaired) electrons. The molecule has 2 N–H and O–H groups in total. The second-order valence-corrected chi connectivity index (χ2v) is 10.8. The third-order valence-electron chi connectivity index (χ3n) is 8.54. The zero-order valence-corrected chi connectivity index (χ0v) is 21.8. The fourth-order valence-electron chi connectivity index (χ4n) is 6.40. The minimum atomic E-state index is -0.823. The number of rotatable bonds is 7. The molecule has 5 rings (SSSR count). The Hall–Kier alpha value is -2.90. The number of likely N-dealkylation sites (N-methyl/N-ethyl adjacent to an activating group) is 1. The van der Waals surface area contributed by atoms with Crippen LogP contribution in [0.15, 0.2) is 54.6 Å². The number of para-hydroxylation sites is 1. The lowest BCUT2D eigenvalue weighted by Gasteiger charge is -2.52. The maximum atomic E-state index is 13.5. The first-order chi connectivity index (χ1) is 18.0. The van der Waals surface area contributed by atoms with Crippen molar-refractivity contribution in [2.75, 3.05) is 19.6 Å². The first-order valence-electron chi connectivity index (χ1n) is 13.8. The van der Waals surface area contributed by atoms with Gasteiger partial charge in [-0.25, -0.2) is 0 Å². The van der Waals surface area contributed by atoms with Crippen LogP contribution < -0.4 is 10.1 Å². The summed E-state index contributed by atoms with van der Waals surface area (Å²) in [6, 6.07) is 17.0. The SMILES string of the molecule is CCN1C(=O)[C@@H]([C@H](O)C2CCCCC2)NC(=O)C12CCN(Cc1ccc(Oc3ccccc3)cc1)CC2. The number of nitrogens with zero attached hydrogens (tertiary/aromatic N) is 2. The predicted molar refractivity (Wildman–Crippen MR) is 142 cm³/mol. The van der Waals surface area contributed by atoms with Gasteiger partial charge in [-0.1, -0.05) is 49.6 Å². The number of piperidine rings is 1. The summed E-state index contributed by atoms with van der Waals surface area (Å²) < 4.78 is 5.90. The lowest BCUT2D eigenvalue weighted by Crippen LogP contribution is -2.74. The van der Waals surface area contributed by atoms with Crippen molar-refractivity contribution in [3.8, 4) is 11.5 Å². The Bertz CT molecular complexity index is 1060. The molecule has 2 aromatic rings. The molecule has 0 aromatic heterocycles. The van der Waals surface area contributed by atoms with Crippen molar-refractivity contribution in [1.82, 2.24) is 15.1 Å². The van der Waals surface area contributed by atoms with E-state index < -0.39 is 17.7 Å². The van der Waals surface area contributed by atoms with E-state index in [0.29, 0.717) is 19.4 Å². The van der Waals surface area contributed by atoms with Crippen molar-refractivity contribution in [3.05, 3.63) is 60.2 Å². The molecule has 1 spiro atoms. The van der Waals surface area contributed by atoms with E-state index in [1.165, 1.54) is 12.0 Å². The minimum absolute atomic E-state index is 0.0853. The Labute approximate surface area is 219 Å². The Morgan fingerprint density at radius 2 is 1.62 bits per heavy atom. The summed E-state index contributed by atoms with van der Waals surface area (Å²) in [5.41, 5.74) is 0.363. The van der Waals surface area contributed by atoms with Crippen LogP contribution in [0.3, 0.4) is 0 Å². The zero-order chi connectivity index (χ0) is 25.8. The third kappa shape index (κ3) is 5.39. The standard InChI is InChI=1S/C30H39N3O4/c1-2-33-28(35)26(27(34)23-9-5-3-6-10-23)31-29(36)30(33)17-19-32(20-18-30)21-22-13-15-25(16-14-22)37-24-11-7-4-8-12-24/h4,7-8,11-16,23,26-27,34H,2-3,5-6,9-10,17-21H2,1H3,(H,31,36)/t26-,27-/m1/s1. The largest absolute Gasteiger partial charge is 0.457 e. The van der Waals surface area contributed by atoms with Gasteiger partial charge in [0, 0.05) is 26.2 Å². The van der Waals surface area contributed by atoms with Gasteiger partial charge in [0.2, 0.25) is 11.8 Å². The van der Waals surface area contributed by atoms with Crippen LogP contribution in [0.1, 0.15) is 57.4 Å². The first kappa shape index (κ1) is 25.7. The molecule has 1 aliphatic carbocycles. The molecule has 3 fully saturated rings. The van der Waals surface area contributed by atoms with Gasteiger partial charge < -0.3 is 20.1 Å². The average Bonchev–Trinajstić information content (AvgIpc) is 2.94.